The van der Waals surface area contributed by atoms with Gasteiger partial charge in [-0.15, -0.1) is 21.5 Å². The second-order valence-corrected chi connectivity index (χ2v) is 12.1. The van der Waals surface area contributed by atoms with Gasteiger partial charge in [-0.1, -0.05) is 35.9 Å². The van der Waals surface area contributed by atoms with Crippen LogP contribution in [0.3, 0.4) is 0 Å². The number of carbonyl (C=O) groups is 2. The van der Waals surface area contributed by atoms with Gasteiger partial charge in [0.05, 0.1) is 17.1 Å². The zero-order valence-corrected chi connectivity index (χ0v) is 25.9. The van der Waals surface area contributed by atoms with Crippen molar-refractivity contribution in [3.05, 3.63) is 127 Å². The van der Waals surface area contributed by atoms with Crippen LogP contribution >= 0.6 is 22.9 Å². The van der Waals surface area contributed by atoms with Crippen molar-refractivity contribution in [1.82, 2.24) is 14.8 Å². The van der Waals surface area contributed by atoms with Gasteiger partial charge < -0.3 is 10.6 Å². The number of nitrogens with one attached hydrogen (secondary N) is 2. The number of nitro groups is 1. The van der Waals surface area contributed by atoms with Gasteiger partial charge in [-0.05, 0) is 68.8 Å². The molecule has 1 atom stereocenters. The molecule has 1 aliphatic heterocycles. The van der Waals surface area contributed by atoms with Crippen molar-refractivity contribution < 1.29 is 14.5 Å². The molecule has 226 valence electrons. The average Bonchev–Trinajstić information content (AvgIpc) is 3.50. The van der Waals surface area contributed by atoms with Crippen LogP contribution in [0.5, 0.6) is 0 Å². The number of thiophene rings is 1. The topological polar surface area (TPSA) is 144 Å². The van der Waals surface area contributed by atoms with Crippen LogP contribution in [0.25, 0.3) is 5.00 Å². The van der Waals surface area contributed by atoms with Crippen molar-refractivity contribution in [3.63, 3.8) is 0 Å². The van der Waals surface area contributed by atoms with Gasteiger partial charge in [0.2, 0.25) is 5.91 Å². The van der Waals surface area contributed by atoms with E-state index in [0.29, 0.717) is 22.4 Å². The number of aryl methyl sites for hydroxylation is 2. The number of hydrogen-bond acceptors (Lipinski definition) is 8. The van der Waals surface area contributed by atoms with E-state index >= 15 is 0 Å². The molecule has 3 aromatic carbocycles. The molecule has 5 aromatic rings. The maximum atomic E-state index is 13.4. The first kappa shape index (κ1) is 29.9. The number of nitro benzene ring substituents is 1. The highest BCUT2D eigenvalue weighted by molar-refractivity contribution is 7.15. The smallest absolute Gasteiger partial charge is 0.292 e. The van der Waals surface area contributed by atoms with Crippen molar-refractivity contribution in [1.29, 1.82) is 0 Å². The Morgan fingerprint density at radius 2 is 1.69 bits per heavy atom. The van der Waals surface area contributed by atoms with Gasteiger partial charge in [-0.2, -0.15) is 0 Å². The maximum Gasteiger partial charge on any atom is 0.292 e. The molecule has 45 heavy (non-hydrogen) atoms. The molecule has 0 saturated carbocycles. The highest BCUT2D eigenvalue weighted by Crippen LogP contribution is 2.39. The van der Waals surface area contributed by atoms with E-state index in [1.165, 1.54) is 30.3 Å². The molecular weight excluding hydrogens is 614 g/mol. The Labute approximate surface area is 266 Å². The molecule has 2 aromatic heterocycles. The molecule has 3 heterocycles. The zero-order valence-electron chi connectivity index (χ0n) is 24.4. The largest absolute Gasteiger partial charge is 0.326 e. The molecule has 2 N–H and O–H groups in total. The SMILES string of the molecule is Cc1sc2c(c1C)C(c1ccc(Cl)cc1)=N[C@@H](CC(=O)Nc1ccc(C(=O)Nc3ccccc3[N+](=O)[O-])cc1)c1nnc(C)n1-2. The number of nitrogens with zero attached hydrogens (tertiary/aromatic N) is 5. The van der Waals surface area contributed by atoms with Crippen LogP contribution in [0.1, 0.15) is 56.0 Å². The molecule has 13 heteroatoms. The number of aliphatic imine (C=N–C) groups is 1. The summed E-state index contributed by atoms with van der Waals surface area (Å²) < 4.78 is 1.98. The predicted molar refractivity (Wildman–Crippen MR) is 174 cm³/mol. The molecule has 0 radical (unpaired) electrons. The fraction of sp³-hybridized carbons (Fsp3) is 0.156. The van der Waals surface area contributed by atoms with E-state index in [9.17, 15) is 19.7 Å². The number of benzene rings is 3. The van der Waals surface area contributed by atoms with Crippen LogP contribution in [-0.2, 0) is 4.79 Å². The summed E-state index contributed by atoms with van der Waals surface area (Å²) >= 11 is 7.82. The van der Waals surface area contributed by atoms with E-state index in [0.717, 1.165) is 32.3 Å². The lowest BCUT2D eigenvalue weighted by molar-refractivity contribution is -0.383. The minimum atomic E-state index is -0.636. The third-order valence-corrected chi connectivity index (χ3v) is 8.96. The van der Waals surface area contributed by atoms with Crippen LogP contribution < -0.4 is 10.6 Å². The fourth-order valence-corrected chi connectivity index (χ4v) is 6.50. The number of fused-ring (bicyclic) bond motifs is 3. The van der Waals surface area contributed by atoms with E-state index < -0.39 is 16.9 Å². The third-order valence-electron chi connectivity index (χ3n) is 7.52. The lowest BCUT2D eigenvalue weighted by atomic mass is 9.99. The van der Waals surface area contributed by atoms with Crippen molar-refractivity contribution in [2.45, 2.75) is 33.2 Å². The number of halogens is 1. The van der Waals surface area contributed by atoms with E-state index in [1.54, 1.807) is 29.5 Å². The first-order valence-corrected chi connectivity index (χ1v) is 15.1. The summed E-state index contributed by atoms with van der Waals surface area (Å²) in [5.74, 6) is 0.440. The van der Waals surface area contributed by atoms with Gasteiger partial charge in [0.15, 0.2) is 5.82 Å². The summed E-state index contributed by atoms with van der Waals surface area (Å²) in [6, 6.07) is 19.0. The number of rotatable bonds is 7. The molecule has 0 spiro atoms. The minimum absolute atomic E-state index is 0.0118. The van der Waals surface area contributed by atoms with Crippen LogP contribution in [0.4, 0.5) is 17.1 Å². The van der Waals surface area contributed by atoms with Crippen LogP contribution in [0, 0.1) is 30.9 Å². The number of aromatic nitrogens is 3. The van der Waals surface area contributed by atoms with Crippen molar-refractivity contribution >= 4 is 57.5 Å². The number of carbonyl (C=O) groups excluding carboxylic acids is 2. The second-order valence-electron chi connectivity index (χ2n) is 10.5. The highest BCUT2D eigenvalue weighted by atomic mass is 35.5. The number of anilines is 2. The summed E-state index contributed by atoms with van der Waals surface area (Å²) in [7, 11) is 0. The summed E-state index contributed by atoms with van der Waals surface area (Å²) in [5, 5.41) is 27.1. The summed E-state index contributed by atoms with van der Waals surface area (Å²) in [6.07, 6.45) is -0.0118. The van der Waals surface area contributed by atoms with E-state index in [4.69, 9.17) is 16.6 Å². The number of para-hydroxylation sites is 2. The van der Waals surface area contributed by atoms with Gasteiger partial charge >= 0.3 is 0 Å². The molecule has 0 unspecified atom stereocenters. The highest BCUT2D eigenvalue weighted by Gasteiger charge is 2.32. The molecule has 0 bridgehead atoms. The van der Waals surface area contributed by atoms with Gasteiger partial charge in [0.1, 0.15) is 22.6 Å². The number of hydrogen-bond donors (Lipinski definition) is 2. The average molecular weight is 640 g/mol. The molecule has 0 aliphatic carbocycles. The molecule has 0 saturated heterocycles. The predicted octanol–water partition coefficient (Wildman–Crippen LogP) is 6.99. The second kappa shape index (κ2) is 12.1. The Morgan fingerprint density at radius 1 is 0.978 bits per heavy atom. The Hall–Kier alpha value is -5.20. The first-order valence-electron chi connectivity index (χ1n) is 13.9. The van der Waals surface area contributed by atoms with Crippen molar-refractivity contribution in [3.8, 4) is 5.00 Å². The lowest BCUT2D eigenvalue weighted by Gasteiger charge is -2.13. The number of amides is 2. The molecule has 11 nitrogen and oxygen atoms in total. The van der Waals surface area contributed by atoms with E-state index in [-0.39, 0.29) is 29.3 Å². The summed E-state index contributed by atoms with van der Waals surface area (Å²) in [6.45, 7) is 6.01. The van der Waals surface area contributed by atoms with Gasteiger partial charge in [-0.25, -0.2) is 0 Å². The van der Waals surface area contributed by atoms with Crippen LogP contribution in [0.15, 0.2) is 77.8 Å². The van der Waals surface area contributed by atoms with Crippen molar-refractivity contribution in [2.75, 3.05) is 10.6 Å². The summed E-state index contributed by atoms with van der Waals surface area (Å²) in [4.78, 5) is 43.2. The first-order chi connectivity index (χ1) is 21.6. The Balaban J connectivity index is 1.25. The normalized spacial score (nSPS) is 13.7. The zero-order chi connectivity index (χ0) is 31.8. The maximum absolute atomic E-state index is 13.4. The fourth-order valence-electron chi connectivity index (χ4n) is 5.16. The molecular formula is C32H26ClN7O4S. The third kappa shape index (κ3) is 5.85. The van der Waals surface area contributed by atoms with Crippen LogP contribution in [-0.4, -0.2) is 37.2 Å². The van der Waals surface area contributed by atoms with Crippen molar-refractivity contribution in [2.24, 2.45) is 4.99 Å². The molecule has 6 rings (SSSR count). The molecule has 2 amide bonds. The lowest BCUT2D eigenvalue weighted by Crippen LogP contribution is -2.17. The molecule has 1 aliphatic rings. The Kier molecular flexibility index (Phi) is 8.00. The van der Waals surface area contributed by atoms with Gasteiger partial charge in [-0.3, -0.25) is 29.3 Å². The summed E-state index contributed by atoms with van der Waals surface area (Å²) in [5.41, 5.74) is 4.32. The van der Waals surface area contributed by atoms with Gasteiger partial charge in [0.25, 0.3) is 11.6 Å². The van der Waals surface area contributed by atoms with Crippen LogP contribution in [0.2, 0.25) is 5.02 Å². The standard InChI is InChI=1S/C32H26ClN7O4S/c1-17-18(2)45-32-28(17)29(20-8-12-22(33)13-9-20)35-25(30-38-37-19(3)39(30)32)16-27(41)34-23-14-10-21(11-15-23)31(42)36-24-6-4-5-7-26(24)40(43)44/h4-15,25H,16H2,1-3H3,(H,34,41)(H,36,42)/t25-/m0/s1. The monoisotopic (exact) mass is 639 g/mol. The Bertz CT molecular complexity index is 2000. The molecule has 0 fully saturated rings. The quantitative estimate of drug-likeness (QED) is 0.145. The van der Waals surface area contributed by atoms with Gasteiger partial charge in [0, 0.05) is 38.3 Å². The van der Waals surface area contributed by atoms with E-state index in [1.807, 2.05) is 35.8 Å². The Morgan fingerprint density at radius 3 is 2.40 bits per heavy atom. The minimum Gasteiger partial charge on any atom is -0.326 e. The van der Waals surface area contributed by atoms with E-state index in [2.05, 4.69) is 34.7 Å².